The molecule has 0 fully saturated rings. The fourth-order valence-corrected chi connectivity index (χ4v) is 2.72. The van der Waals surface area contributed by atoms with E-state index < -0.39 is 21.1 Å². The average molecular weight is 310 g/mol. The lowest BCUT2D eigenvalue weighted by Crippen LogP contribution is -2.33. The summed E-state index contributed by atoms with van der Waals surface area (Å²) in [5.74, 6) is 4.46. The standard InChI is InChI=1S/C14H15FN2O3S/c1-2-13(9-16)21(19,20)17-10-12-8-11(4-3-7-18)5-6-14(12)15/h5-6,8,13,17-18H,2,7,10H2,1H3. The third-order valence-corrected chi connectivity index (χ3v) is 4.45. The minimum atomic E-state index is -3.82. The maximum Gasteiger partial charge on any atom is 0.228 e. The predicted octanol–water partition coefficient (Wildman–Crippen LogP) is 0.891. The fraction of sp³-hybridized carbons (Fsp3) is 0.357. The van der Waals surface area contributed by atoms with Gasteiger partial charge in [0.25, 0.3) is 0 Å². The summed E-state index contributed by atoms with van der Waals surface area (Å²) < 4.78 is 39.5. The topological polar surface area (TPSA) is 90.2 Å². The van der Waals surface area contributed by atoms with E-state index in [0.717, 1.165) is 0 Å². The van der Waals surface area contributed by atoms with Crippen LogP contribution in [0.3, 0.4) is 0 Å². The molecule has 0 bridgehead atoms. The van der Waals surface area contributed by atoms with Crippen LogP contribution in [-0.2, 0) is 16.6 Å². The second kappa shape index (κ2) is 7.75. The van der Waals surface area contributed by atoms with Gasteiger partial charge < -0.3 is 5.11 Å². The van der Waals surface area contributed by atoms with E-state index in [2.05, 4.69) is 16.6 Å². The highest BCUT2D eigenvalue weighted by molar-refractivity contribution is 7.90. The average Bonchev–Trinajstić information content (AvgIpc) is 2.46. The van der Waals surface area contributed by atoms with Crippen molar-refractivity contribution < 1.29 is 17.9 Å². The van der Waals surface area contributed by atoms with Gasteiger partial charge in [-0.3, -0.25) is 0 Å². The number of halogens is 1. The third-order valence-electron chi connectivity index (χ3n) is 2.71. The lowest BCUT2D eigenvalue weighted by Gasteiger charge is -2.10. The lowest BCUT2D eigenvalue weighted by molar-refractivity contribution is 0.350. The molecule has 1 aromatic carbocycles. The maximum atomic E-state index is 13.6. The summed E-state index contributed by atoms with van der Waals surface area (Å²) in [6.45, 7) is 0.999. The molecule has 1 rings (SSSR count). The largest absolute Gasteiger partial charge is 0.384 e. The molecule has 21 heavy (non-hydrogen) atoms. The van der Waals surface area contributed by atoms with Gasteiger partial charge in [0, 0.05) is 17.7 Å². The molecule has 0 radical (unpaired) electrons. The van der Waals surface area contributed by atoms with Crippen molar-refractivity contribution in [1.82, 2.24) is 4.72 Å². The molecular formula is C14H15FN2O3S. The first kappa shape index (κ1) is 17.1. The number of rotatable bonds is 5. The Morgan fingerprint density at radius 1 is 1.48 bits per heavy atom. The van der Waals surface area contributed by atoms with Crippen LogP contribution in [0.4, 0.5) is 4.39 Å². The van der Waals surface area contributed by atoms with Gasteiger partial charge in [0.05, 0.1) is 6.07 Å². The summed E-state index contributed by atoms with van der Waals surface area (Å²) in [6.07, 6.45) is 0.149. The molecule has 0 heterocycles. The zero-order valence-corrected chi connectivity index (χ0v) is 12.2. The molecule has 0 aliphatic carbocycles. The number of aliphatic hydroxyl groups is 1. The summed E-state index contributed by atoms with van der Waals surface area (Å²) in [4.78, 5) is 0. The van der Waals surface area contributed by atoms with E-state index in [1.54, 1.807) is 13.0 Å². The highest BCUT2D eigenvalue weighted by Crippen LogP contribution is 2.11. The van der Waals surface area contributed by atoms with Gasteiger partial charge in [-0.1, -0.05) is 18.8 Å². The Hall–Kier alpha value is -1.93. The van der Waals surface area contributed by atoms with Crippen molar-refractivity contribution in [2.75, 3.05) is 6.61 Å². The summed E-state index contributed by atoms with van der Waals surface area (Å²) in [5.41, 5.74) is 0.586. The highest BCUT2D eigenvalue weighted by Gasteiger charge is 2.23. The molecule has 0 saturated carbocycles. The van der Waals surface area contributed by atoms with Crippen molar-refractivity contribution in [1.29, 1.82) is 5.26 Å². The Bertz CT molecular complexity index is 699. The Morgan fingerprint density at radius 2 is 2.19 bits per heavy atom. The molecule has 0 saturated heterocycles. The molecule has 112 valence electrons. The van der Waals surface area contributed by atoms with Gasteiger partial charge in [-0.2, -0.15) is 5.26 Å². The first-order valence-electron chi connectivity index (χ1n) is 6.20. The molecule has 0 amide bonds. The normalized spacial score (nSPS) is 12.1. The summed E-state index contributed by atoms with van der Waals surface area (Å²) in [7, 11) is -3.82. The van der Waals surface area contributed by atoms with Crippen molar-refractivity contribution in [3.63, 3.8) is 0 Å². The van der Waals surface area contributed by atoms with E-state index in [4.69, 9.17) is 10.4 Å². The molecule has 2 N–H and O–H groups in total. The minimum absolute atomic E-state index is 0.121. The Labute approximate surface area is 123 Å². The zero-order chi connectivity index (χ0) is 15.9. The number of nitriles is 1. The van der Waals surface area contributed by atoms with Crippen molar-refractivity contribution in [3.05, 3.63) is 35.1 Å². The van der Waals surface area contributed by atoms with Gasteiger partial charge in [-0.15, -0.1) is 0 Å². The number of hydrogen-bond donors (Lipinski definition) is 2. The first-order valence-corrected chi connectivity index (χ1v) is 7.75. The Morgan fingerprint density at radius 3 is 2.76 bits per heavy atom. The van der Waals surface area contributed by atoms with Crippen molar-refractivity contribution >= 4 is 10.0 Å². The van der Waals surface area contributed by atoms with E-state index in [9.17, 15) is 12.8 Å². The van der Waals surface area contributed by atoms with Gasteiger partial charge in [0.15, 0.2) is 5.25 Å². The summed E-state index contributed by atoms with van der Waals surface area (Å²) in [6, 6.07) is 5.69. The molecular weight excluding hydrogens is 295 g/mol. The Kier molecular flexibility index (Phi) is 6.32. The van der Waals surface area contributed by atoms with Crippen LogP contribution < -0.4 is 4.72 Å². The number of hydrogen-bond acceptors (Lipinski definition) is 4. The fourth-order valence-electron chi connectivity index (χ4n) is 1.59. The molecule has 1 aromatic rings. The highest BCUT2D eigenvalue weighted by atomic mass is 32.2. The van der Waals surface area contributed by atoms with E-state index in [-0.39, 0.29) is 25.1 Å². The number of benzene rings is 1. The van der Waals surface area contributed by atoms with Crippen molar-refractivity contribution in [3.8, 4) is 17.9 Å². The molecule has 0 aliphatic rings. The van der Waals surface area contributed by atoms with Crippen molar-refractivity contribution in [2.24, 2.45) is 0 Å². The van der Waals surface area contributed by atoms with Gasteiger partial charge >= 0.3 is 0 Å². The van der Waals surface area contributed by atoms with Crippen LogP contribution >= 0.6 is 0 Å². The minimum Gasteiger partial charge on any atom is -0.384 e. The summed E-state index contributed by atoms with van der Waals surface area (Å²) in [5, 5.41) is 16.2. The third kappa shape index (κ3) is 4.83. The maximum absolute atomic E-state index is 13.6. The van der Waals surface area contributed by atoms with Crippen LogP contribution in [0.5, 0.6) is 0 Å². The monoisotopic (exact) mass is 310 g/mol. The lowest BCUT2D eigenvalue weighted by atomic mass is 10.1. The Balaban J connectivity index is 2.91. The number of nitrogens with one attached hydrogen (secondary N) is 1. The van der Waals surface area contributed by atoms with Gasteiger partial charge in [0.2, 0.25) is 10.0 Å². The molecule has 1 unspecified atom stereocenters. The van der Waals surface area contributed by atoms with Crippen LogP contribution in [0.2, 0.25) is 0 Å². The molecule has 0 spiro atoms. The van der Waals surface area contributed by atoms with Gasteiger partial charge in [-0.05, 0) is 24.6 Å². The zero-order valence-electron chi connectivity index (χ0n) is 11.4. The number of aliphatic hydroxyl groups excluding tert-OH is 1. The molecule has 1 atom stereocenters. The second-order valence-electron chi connectivity index (χ2n) is 4.16. The van der Waals surface area contributed by atoms with E-state index in [0.29, 0.717) is 5.56 Å². The molecule has 5 nitrogen and oxygen atoms in total. The van der Waals surface area contributed by atoms with Crippen LogP contribution in [0, 0.1) is 29.0 Å². The SMILES string of the molecule is CCC(C#N)S(=O)(=O)NCc1cc(C#CCO)ccc1F. The van der Waals surface area contributed by atoms with Crippen LogP contribution in [0.25, 0.3) is 0 Å². The van der Waals surface area contributed by atoms with E-state index >= 15 is 0 Å². The smallest absolute Gasteiger partial charge is 0.228 e. The number of sulfonamides is 1. The van der Waals surface area contributed by atoms with Crippen LogP contribution in [-0.4, -0.2) is 25.4 Å². The van der Waals surface area contributed by atoms with E-state index in [1.165, 1.54) is 18.2 Å². The first-order chi connectivity index (χ1) is 9.94. The summed E-state index contributed by atoms with van der Waals surface area (Å²) >= 11 is 0. The quantitative estimate of drug-likeness (QED) is 0.790. The number of nitrogens with zero attached hydrogens (tertiary/aromatic N) is 1. The molecule has 0 aliphatic heterocycles. The van der Waals surface area contributed by atoms with E-state index in [1.807, 2.05) is 0 Å². The van der Waals surface area contributed by atoms with Gasteiger partial charge in [0.1, 0.15) is 12.4 Å². The van der Waals surface area contributed by atoms with Crippen LogP contribution in [0.1, 0.15) is 24.5 Å². The molecule has 7 heteroatoms. The van der Waals surface area contributed by atoms with Crippen LogP contribution in [0.15, 0.2) is 18.2 Å². The van der Waals surface area contributed by atoms with Crippen molar-refractivity contribution in [2.45, 2.75) is 25.1 Å². The van der Waals surface area contributed by atoms with Gasteiger partial charge in [-0.25, -0.2) is 17.5 Å². The molecule has 0 aromatic heterocycles. The predicted molar refractivity (Wildman–Crippen MR) is 75.8 cm³/mol. The second-order valence-corrected chi connectivity index (χ2v) is 6.11.